The first-order chi connectivity index (χ1) is 11.7. The van der Waals surface area contributed by atoms with Crippen LogP contribution in [-0.4, -0.2) is 34.3 Å². The first-order valence-electron chi connectivity index (χ1n) is 9.01. The molecule has 5 nitrogen and oxygen atoms in total. The van der Waals surface area contributed by atoms with E-state index in [-0.39, 0.29) is 0 Å². The Hall–Kier alpha value is -2.04. The van der Waals surface area contributed by atoms with E-state index >= 15 is 0 Å². The van der Waals surface area contributed by atoms with Gasteiger partial charge in [-0.3, -0.25) is 0 Å². The van der Waals surface area contributed by atoms with Gasteiger partial charge in [-0.2, -0.15) is 0 Å². The Labute approximate surface area is 157 Å². The molecule has 2 amide bonds. The van der Waals surface area contributed by atoms with Crippen LogP contribution in [0.5, 0.6) is 0 Å². The second-order valence-corrected chi connectivity index (χ2v) is 8.81. The SMILES string of the molecule is Cc1ccc(C)c(C[C@@H](C)N(C(=O)OC(C)(C)C)C(=O)OC(C)(C)C)c1. The number of hydrogen-bond donors (Lipinski definition) is 0. The van der Waals surface area contributed by atoms with Crippen molar-refractivity contribution in [3.05, 3.63) is 34.9 Å². The Morgan fingerprint density at radius 1 is 0.962 bits per heavy atom. The lowest BCUT2D eigenvalue weighted by atomic mass is 9.99. The third-order valence-corrected chi connectivity index (χ3v) is 3.64. The Bertz CT molecular complexity index is 625. The molecule has 0 spiro atoms. The molecule has 26 heavy (non-hydrogen) atoms. The summed E-state index contributed by atoms with van der Waals surface area (Å²) < 4.78 is 10.9. The van der Waals surface area contributed by atoms with Crippen LogP contribution < -0.4 is 0 Å². The minimum absolute atomic E-state index is 0.403. The second-order valence-electron chi connectivity index (χ2n) is 8.81. The molecule has 1 rings (SSSR count). The summed E-state index contributed by atoms with van der Waals surface area (Å²) >= 11 is 0. The average Bonchev–Trinajstić information content (AvgIpc) is 2.38. The standard InChI is InChI=1S/C21H33NO4/c1-14-10-11-15(2)17(12-14)13-16(3)22(18(23)25-20(4,5)6)19(24)26-21(7,8)9/h10-12,16H,13H2,1-9H3/t16-/m1/s1. The summed E-state index contributed by atoms with van der Waals surface area (Å²) in [6.07, 6.45) is -0.847. The molecular formula is C21H33NO4. The highest BCUT2D eigenvalue weighted by molar-refractivity contribution is 5.88. The van der Waals surface area contributed by atoms with Gasteiger partial charge in [0, 0.05) is 6.04 Å². The number of aryl methyl sites for hydroxylation is 2. The minimum atomic E-state index is -0.698. The zero-order valence-corrected chi connectivity index (χ0v) is 17.6. The topological polar surface area (TPSA) is 55.8 Å². The molecule has 0 aromatic heterocycles. The van der Waals surface area contributed by atoms with E-state index in [0.29, 0.717) is 6.42 Å². The van der Waals surface area contributed by atoms with E-state index in [0.717, 1.165) is 21.6 Å². The molecule has 0 fully saturated rings. The van der Waals surface area contributed by atoms with Crippen molar-refractivity contribution in [3.8, 4) is 0 Å². The number of imide groups is 1. The monoisotopic (exact) mass is 363 g/mol. The molecule has 0 saturated heterocycles. The maximum Gasteiger partial charge on any atom is 0.420 e. The van der Waals surface area contributed by atoms with Crippen LogP contribution >= 0.6 is 0 Å². The minimum Gasteiger partial charge on any atom is -0.443 e. The first kappa shape index (κ1) is 22.0. The van der Waals surface area contributed by atoms with E-state index < -0.39 is 29.4 Å². The van der Waals surface area contributed by atoms with Crippen LogP contribution in [-0.2, 0) is 15.9 Å². The van der Waals surface area contributed by atoms with E-state index in [1.54, 1.807) is 41.5 Å². The van der Waals surface area contributed by atoms with Crippen LogP contribution in [0.4, 0.5) is 9.59 Å². The average molecular weight is 363 g/mol. The van der Waals surface area contributed by atoms with Gasteiger partial charge in [-0.1, -0.05) is 23.8 Å². The van der Waals surface area contributed by atoms with Crippen molar-refractivity contribution in [2.24, 2.45) is 0 Å². The lowest BCUT2D eigenvalue weighted by molar-refractivity contribution is -0.00573. The number of hydrogen-bond acceptors (Lipinski definition) is 4. The van der Waals surface area contributed by atoms with Gasteiger partial charge in [0.25, 0.3) is 0 Å². The number of rotatable bonds is 3. The van der Waals surface area contributed by atoms with Crippen LogP contribution in [0.25, 0.3) is 0 Å². The summed E-state index contributed by atoms with van der Waals surface area (Å²) in [5, 5.41) is 0. The van der Waals surface area contributed by atoms with Crippen LogP contribution in [0.3, 0.4) is 0 Å². The highest BCUT2D eigenvalue weighted by Gasteiger charge is 2.34. The molecule has 1 atom stereocenters. The molecule has 1 aromatic rings. The van der Waals surface area contributed by atoms with Gasteiger partial charge in [0.05, 0.1) is 0 Å². The molecule has 0 radical (unpaired) electrons. The number of benzene rings is 1. The molecule has 0 bridgehead atoms. The smallest absolute Gasteiger partial charge is 0.420 e. The van der Waals surface area contributed by atoms with Crippen molar-refractivity contribution in [1.82, 2.24) is 4.90 Å². The van der Waals surface area contributed by atoms with Crippen LogP contribution in [0.1, 0.15) is 65.2 Å². The fourth-order valence-corrected chi connectivity index (χ4v) is 2.49. The summed E-state index contributed by atoms with van der Waals surface area (Å²) in [6, 6.07) is 5.76. The Morgan fingerprint density at radius 3 is 1.85 bits per heavy atom. The van der Waals surface area contributed by atoms with Gasteiger partial charge in [-0.15, -0.1) is 0 Å². The summed E-state index contributed by atoms with van der Waals surface area (Å²) in [6.45, 7) is 16.5. The fourth-order valence-electron chi connectivity index (χ4n) is 2.49. The number of carbonyl (C=O) groups excluding carboxylic acids is 2. The molecule has 0 aliphatic carbocycles. The van der Waals surface area contributed by atoms with E-state index in [1.807, 2.05) is 32.9 Å². The van der Waals surface area contributed by atoms with Crippen molar-refractivity contribution in [2.45, 2.75) is 86.0 Å². The predicted molar refractivity (Wildman–Crippen MR) is 103 cm³/mol. The maximum atomic E-state index is 12.7. The van der Waals surface area contributed by atoms with Gasteiger partial charge in [-0.25, -0.2) is 14.5 Å². The molecule has 0 saturated carbocycles. The van der Waals surface area contributed by atoms with Crippen LogP contribution in [0, 0.1) is 13.8 Å². The zero-order valence-electron chi connectivity index (χ0n) is 17.6. The molecule has 146 valence electrons. The third-order valence-electron chi connectivity index (χ3n) is 3.64. The zero-order chi connectivity index (χ0) is 20.3. The van der Waals surface area contributed by atoms with Gasteiger partial charge in [-0.05, 0) is 79.9 Å². The van der Waals surface area contributed by atoms with Gasteiger partial charge in [0.1, 0.15) is 11.2 Å². The molecule has 0 N–H and O–H groups in total. The van der Waals surface area contributed by atoms with E-state index in [2.05, 4.69) is 6.07 Å². The van der Waals surface area contributed by atoms with E-state index in [9.17, 15) is 9.59 Å². The first-order valence-corrected chi connectivity index (χ1v) is 9.01. The molecule has 0 aliphatic heterocycles. The van der Waals surface area contributed by atoms with Crippen molar-refractivity contribution in [3.63, 3.8) is 0 Å². The summed E-state index contributed by atoms with van der Waals surface area (Å²) in [5.41, 5.74) is 1.95. The molecule has 1 aromatic carbocycles. The van der Waals surface area contributed by atoms with Crippen molar-refractivity contribution >= 4 is 12.2 Å². The summed E-state index contributed by atoms with van der Waals surface area (Å²) in [7, 11) is 0. The number of carbonyl (C=O) groups is 2. The lowest BCUT2D eigenvalue weighted by Crippen LogP contribution is -2.48. The maximum absolute atomic E-state index is 12.7. The van der Waals surface area contributed by atoms with E-state index in [4.69, 9.17) is 9.47 Å². The van der Waals surface area contributed by atoms with E-state index in [1.165, 1.54) is 0 Å². The third kappa shape index (κ3) is 7.06. The molecule has 5 heteroatoms. The predicted octanol–water partition coefficient (Wildman–Crippen LogP) is 5.41. The second kappa shape index (κ2) is 8.11. The molecule has 0 aliphatic rings. The summed E-state index contributed by atoms with van der Waals surface area (Å²) in [4.78, 5) is 26.4. The van der Waals surface area contributed by atoms with Gasteiger partial charge >= 0.3 is 12.2 Å². The Balaban J connectivity index is 3.11. The molecular weight excluding hydrogens is 330 g/mol. The van der Waals surface area contributed by atoms with Crippen molar-refractivity contribution < 1.29 is 19.1 Å². The normalized spacial score (nSPS) is 13.1. The van der Waals surface area contributed by atoms with Gasteiger partial charge < -0.3 is 9.47 Å². The van der Waals surface area contributed by atoms with Gasteiger partial charge in [0.2, 0.25) is 0 Å². The Morgan fingerprint density at radius 2 is 1.42 bits per heavy atom. The Kier molecular flexibility index (Phi) is 6.86. The number of nitrogens with zero attached hydrogens (tertiary/aromatic N) is 1. The van der Waals surface area contributed by atoms with Crippen LogP contribution in [0.15, 0.2) is 18.2 Å². The fraction of sp³-hybridized carbons (Fsp3) is 0.619. The highest BCUT2D eigenvalue weighted by Crippen LogP contribution is 2.20. The van der Waals surface area contributed by atoms with Gasteiger partial charge in [0.15, 0.2) is 0 Å². The van der Waals surface area contributed by atoms with Crippen molar-refractivity contribution in [2.75, 3.05) is 0 Å². The lowest BCUT2D eigenvalue weighted by Gasteiger charge is -2.32. The van der Waals surface area contributed by atoms with Crippen molar-refractivity contribution in [1.29, 1.82) is 0 Å². The number of amides is 2. The number of ether oxygens (including phenoxy) is 2. The summed E-state index contributed by atoms with van der Waals surface area (Å²) in [5.74, 6) is 0. The highest BCUT2D eigenvalue weighted by atomic mass is 16.6. The quantitative estimate of drug-likeness (QED) is 0.721. The van der Waals surface area contributed by atoms with Crippen LogP contribution in [0.2, 0.25) is 0 Å². The molecule has 0 heterocycles. The largest absolute Gasteiger partial charge is 0.443 e. The molecule has 0 unspecified atom stereocenters.